The van der Waals surface area contributed by atoms with Crippen LogP contribution < -0.4 is 5.32 Å². The van der Waals surface area contributed by atoms with Gasteiger partial charge in [0, 0.05) is 24.4 Å². The molecule has 28 heavy (non-hydrogen) atoms. The van der Waals surface area contributed by atoms with Gasteiger partial charge in [0.1, 0.15) is 0 Å². The number of likely N-dealkylation sites (N-methyl/N-ethyl adjacent to an activating group) is 1. The summed E-state index contributed by atoms with van der Waals surface area (Å²) < 4.78 is 0. The van der Waals surface area contributed by atoms with Crippen LogP contribution in [0.15, 0.2) is 35.7 Å². The predicted octanol–water partition coefficient (Wildman–Crippen LogP) is 3.17. The van der Waals surface area contributed by atoms with Crippen molar-refractivity contribution in [1.29, 1.82) is 0 Å². The molecular weight excluding hydrogens is 392 g/mol. The van der Waals surface area contributed by atoms with Crippen LogP contribution in [0.4, 0.5) is 0 Å². The van der Waals surface area contributed by atoms with Crippen molar-refractivity contribution in [3.63, 3.8) is 0 Å². The SMILES string of the molecule is C[C@@H](CN(C)C)c1ccc(C2C(O)CC(Cl)C3NC(=O)C4SC=CC4C32)cc1. The van der Waals surface area contributed by atoms with Gasteiger partial charge in [-0.15, -0.1) is 23.4 Å². The third-order valence-electron chi connectivity index (χ3n) is 6.52. The third-order valence-corrected chi connectivity index (χ3v) is 8.10. The lowest BCUT2D eigenvalue weighted by Crippen LogP contribution is -2.63. The van der Waals surface area contributed by atoms with Gasteiger partial charge in [0.25, 0.3) is 0 Å². The highest BCUT2D eigenvalue weighted by Crippen LogP contribution is 2.51. The number of carbonyl (C=O) groups is 1. The number of thioether (sulfide) groups is 1. The fourth-order valence-electron chi connectivity index (χ4n) is 5.28. The van der Waals surface area contributed by atoms with Crippen molar-refractivity contribution >= 4 is 29.3 Å². The smallest absolute Gasteiger partial charge is 0.234 e. The number of nitrogens with zero attached hydrogens (tertiary/aromatic N) is 1. The minimum absolute atomic E-state index is 0.0188. The van der Waals surface area contributed by atoms with E-state index >= 15 is 0 Å². The zero-order valence-corrected chi connectivity index (χ0v) is 18.2. The molecular formula is C22H29ClN2O2S. The van der Waals surface area contributed by atoms with E-state index in [1.165, 1.54) is 5.56 Å². The fraction of sp³-hybridized carbons (Fsp3) is 0.591. The van der Waals surface area contributed by atoms with E-state index in [0.29, 0.717) is 12.3 Å². The van der Waals surface area contributed by atoms with Crippen molar-refractivity contribution in [1.82, 2.24) is 10.2 Å². The normalized spacial score (nSPS) is 38.1. The van der Waals surface area contributed by atoms with Crippen molar-refractivity contribution < 1.29 is 9.90 Å². The first-order valence-corrected chi connectivity index (χ1v) is 11.4. The second kappa shape index (κ2) is 8.02. The molecule has 2 heterocycles. The third kappa shape index (κ3) is 3.62. The highest BCUT2D eigenvalue weighted by molar-refractivity contribution is 8.03. The van der Waals surface area contributed by atoms with E-state index < -0.39 is 6.10 Å². The van der Waals surface area contributed by atoms with Crippen LogP contribution in [-0.4, -0.2) is 59.3 Å². The molecule has 4 nitrogen and oxygen atoms in total. The summed E-state index contributed by atoms with van der Waals surface area (Å²) in [5.74, 6) is 0.750. The molecule has 152 valence electrons. The number of nitrogens with one attached hydrogen (secondary N) is 1. The summed E-state index contributed by atoms with van der Waals surface area (Å²) in [4.78, 5) is 14.7. The van der Waals surface area contributed by atoms with Gasteiger partial charge in [0.2, 0.25) is 5.91 Å². The van der Waals surface area contributed by atoms with Crippen LogP contribution in [0.2, 0.25) is 0 Å². The number of carbonyl (C=O) groups excluding carboxylic acids is 1. The number of benzene rings is 1. The zero-order chi connectivity index (χ0) is 20.0. The molecule has 1 amide bonds. The summed E-state index contributed by atoms with van der Waals surface area (Å²) in [5.41, 5.74) is 2.45. The van der Waals surface area contributed by atoms with Crippen LogP contribution in [0.25, 0.3) is 0 Å². The Labute approximate surface area is 176 Å². The first-order chi connectivity index (χ1) is 13.4. The molecule has 0 aromatic heterocycles. The standard InChI is InChI=1S/C22H29ClN2O2S/c1-12(11-25(2)3)13-4-6-14(7-5-13)18-17(26)10-16(23)20-19(18)15-8-9-28-21(15)22(27)24-20/h4-9,12,15-21,26H,10-11H2,1-3H3,(H,24,27)/t12-,15?,16?,17?,18?,19?,20?,21?/m0/s1. The number of hydrogen-bond acceptors (Lipinski definition) is 4. The number of amides is 1. The number of halogens is 1. The van der Waals surface area contributed by atoms with Crippen molar-refractivity contribution in [2.75, 3.05) is 20.6 Å². The minimum atomic E-state index is -0.497. The second-order valence-corrected chi connectivity index (χ2v) is 10.4. The van der Waals surface area contributed by atoms with Gasteiger partial charge in [0.15, 0.2) is 0 Å². The number of allylic oxidation sites excluding steroid dienone is 1. The fourth-order valence-corrected chi connectivity index (χ4v) is 6.78. The topological polar surface area (TPSA) is 52.6 Å². The average Bonchev–Trinajstić information content (AvgIpc) is 3.13. The lowest BCUT2D eigenvalue weighted by molar-refractivity contribution is -0.126. The molecule has 0 spiro atoms. The lowest BCUT2D eigenvalue weighted by Gasteiger charge is -2.50. The van der Waals surface area contributed by atoms with E-state index in [1.54, 1.807) is 11.8 Å². The van der Waals surface area contributed by atoms with Crippen LogP contribution >= 0.6 is 23.4 Å². The largest absolute Gasteiger partial charge is 0.392 e. The van der Waals surface area contributed by atoms with Gasteiger partial charge in [-0.3, -0.25) is 4.79 Å². The summed E-state index contributed by atoms with van der Waals surface area (Å²) >= 11 is 8.18. The lowest BCUT2D eigenvalue weighted by atomic mass is 9.63. The molecule has 1 aromatic rings. The maximum absolute atomic E-state index is 12.5. The number of piperidine rings is 1. The molecule has 2 N–H and O–H groups in total. The summed E-state index contributed by atoms with van der Waals surface area (Å²) in [6, 6.07) is 8.61. The maximum Gasteiger partial charge on any atom is 0.234 e. The van der Waals surface area contributed by atoms with Crippen molar-refractivity contribution in [2.24, 2.45) is 11.8 Å². The molecule has 4 rings (SSSR count). The van der Waals surface area contributed by atoms with E-state index in [0.717, 1.165) is 12.1 Å². The molecule has 2 fully saturated rings. The number of rotatable bonds is 4. The highest BCUT2D eigenvalue weighted by atomic mass is 35.5. The predicted molar refractivity (Wildman–Crippen MR) is 116 cm³/mol. The first-order valence-electron chi connectivity index (χ1n) is 10.1. The molecule has 3 aliphatic rings. The number of hydrogen-bond donors (Lipinski definition) is 2. The quantitative estimate of drug-likeness (QED) is 0.734. The molecule has 1 saturated heterocycles. The van der Waals surface area contributed by atoms with E-state index in [9.17, 15) is 9.90 Å². The van der Waals surface area contributed by atoms with E-state index in [2.05, 4.69) is 61.6 Å². The van der Waals surface area contributed by atoms with E-state index in [-0.39, 0.29) is 40.3 Å². The Hall–Kier alpha value is -1.01. The van der Waals surface area contributed by atoms with Crippen LogP contribution in [0.5, 0.6) is 0 Å². The highest BCUT2D eigenvalue weighted by Gasteiger charge is 2.54. The summed E-state index contributed by atoms with van der Waals surface area (Å²) in [6.45, 7) is 3.24. The number of fused-ring (bicyclic) bond motifs is 3. The van der Waals surface area contributed by atoms with Gasteiger partial charge >= 0.3 is 0 Å². The number of aliphatic hydroxyl groups excluding tert-OH is 1. The molecule has 2 aliphatic heterocycles. The van der Waals surface area contributed by atoms with Crippen LogP contribution in [0.3, 0.4) is 0 Å². The Morgan fingerprint density at radius 2 is 2.04 bits per heavy atom. The second-order valence-electron chi connectivity index (χ2n) is 8.75. The Morgan fingerprint density at radius 1 is 1.32 bits per heavy atom. The summed E-state index contributed by atoms with van der Waals surface area (Å²) in [7, 11) is 4.18. The van der Waals surface area contributed by atoms with Crippen LogP contribution in [-0.2, 0) is 4.79 Å². The summed E-state index contributed by atoms with van der Waals surface area (Å²) in [6.07, 6.45) is 2.15. The Morgan fingerprint density at radius 3 is 2.71 bits per heavy atom. The van der Waals surface area contributed by atoms with Gasteiger partial charge in [-0.25, -0.2) is 0 Å². The van der Waals surface area contributed by atoms with Crippen molar-refractivity contribution in [3.05, 3.63) is 46.9 Å². The average molecular weight is 421 g/mol. The first kappa shape index (κ1) is 20.3. The Balaban J connectivity index is 1.64. The van der Waals surface area contributed by atoms with E-state index in [4.69, 9.17) is 11.6 Å². The monoisotopic (exact) mass is 420 g/mol. The van der Waals surface area contributed by atoms with Gasteiger partial charge in [-0.1, -0.05) is 37.3 Å². The Kier molecular flexibility index (Phi) is 5.81. The van der Waals surface area contributed by atoms with Crippen LogP contribution in [0.1, 0.15) is 36.3 Å². The van der Waals surface area contributed by atoms with E-state index in [1.807, 2.05) is 5.41 Å². The minimum Gasteiger partial charge on any atom is -0.392 e. The zero-order valence-electron chi connectivity index (χ0n) is 16.6. The van der Waals surface area contributed by atoms with Crippen LogP contribution in [0, 0.1) is 11.8 Å². The molecule has 1 saturated carbocycles. The molecule has 1 aliphatic carbocycles. The number of alkyl halides is 1. The molecule has 0 radical (unpaired) electrons. The molecule has 6 heteroatoms. The maximum atomic E-state index is 12.5. The van der Waals surface area contributed by atoms with Crippen molar-refractivity contribution in [3.8, 4) is 0 Å². The molecule has 1 aromatic carbocycles. The van der Waals surface area contributed by atoms with Gasteiger partial charge < -0.3 is 15.3 Å². The Bertz CT molecular complexity index is 753. The van der Waals surface area contributed by atoms with Gasteiger partial charge in [-0.2, -0.15) is 0 Å². The summed E-state index contributed by atoms with van der Waals surface area (Å²) in [5, 5.41) is 15.8. The molecule has 8 atom stereocenters. The molecule has 0 bridgehead atoms. The van der Waals surface area contributed by atoms with Gasteiger partial charge in [0.05, 0.1) is 16.7 Å². The molecule has 7 unspecified atom stereocenters. The van der Waals surface area contributed by atoms with Gasteiger partial charge in [-0.05, 0) is 48.9 Å². The number of aliphatic hydroxyl groups is 1. The van der Waals surface area contributed by atoms with Crippen molar-refractivity contribution in [2.45, 2.75) is 48.0 Å².